The standard InChI is InChI=1S/C11H20BrN/c1-8-5-4-6-11(10(8)3)13-7-9(2)12/h8,10-11,13H,2,4-7H2,1,3H3. The van der Waals surface area contributed by atoms with E-state index in [0.29, 0.717) is 6.04 Å². The molecule has 0 bridgehead atoms. The van der Waals surface area contributed by atoms with Crippen molar-refractivity contribution in [1.29, 1.82) is 0 Å². The largest absolute Gasteiger partial charge is 0.309 e. The third-order valence-corrected chi connectivity index (χ3v) is 3.54. The van der Waals surface area contributed by atoms with Gasteiger partial charge in [-0.2, -0.15) is 0 Å². The van der Waals surface area contributed by atoms with E-state index in [0.717, 1.165) is 22.9 Å². The molecule has 1 fully saturated rings. The van der Waals surface area contributed by atoms with Crippen molar-refractivity contribution in [3.63, 3.8) is 0 Å². The molecular formula is C11H20BrN. The Kier molecular flexibility index (Phi) is 4.47. The van der Waals surface area contributed by atoms with Crippen LogP contribution in [0.2, 0.25) is 0 Å². The Morgan fingerprint density at radius 2 is 2.15 bits per heavy atom. The van der Waals surface area contributed by atoms with Crippen molar-refractivity contribution in [2.75, 3.05) is 6.54 Å². The minimum absolute atomic E-state index is 0.693. The maximum absolute atomic E-state index is 3.84. The van der Waals surface area contributed by atoms with E-state index in [1.807, 2.05) is 0 Å². The average Bonchev–Trinajstić information content (AvgIpc) is 2.07. The van der Waals surface area contributed by atoms with Gasteiger partial charge in [0, 0.05) is 17.1 Å². The SMILES string of the molecule is C=C(Br)CNC1CCCC(C)C1C. The highest BCUT2D eigenvalue weighted by Crippen LogP contribution is 2.29. The summed E-state index contributed by atoms with van der Waals surface area (Å²) in [6, 6.07) is 0.693. The summed E-state index contributed by atoms with van der Waals surface area (Å²) >= 11 is 3.38. The quantitative estimate of drug-likeness (QED) is 0.805. The third-order valence-electron chi connectivity index (χ3n) is 3.26. The molecule has 1 rings (SSSR count). The summed E-state index contributed by atoms with van der Waals surface area (Å²) in [7, 11) is 0. The maximum atomic E-state index is 3.84. The summed E-state index contributed by atoms with van der Waals surface area (Å²) in [5.41, 5.74) is 0. The van der Waals surface area contributed by atoms with Crippen LogP contribution in [0.25, 0.3) is 0 Å². The van der Waals surface area contributed by atoms with E-state index in [2.05, 4.69) is 41.7 Å². The number of hydrogen-bond acceptors (Lipinski definition) is 1. The smallest absolute Gasteiger partial charge is 0.0268 e. The normalized spacial score (nSPS) is 34.5. The van der Waals surface area contributed by atoms with Crippen LogP contribution in [0.1, 0.15) is 33.1 Å². The predicted octanol–water partition coefficient (Wildman–Crippen LogP) is 3.31. The van der Waals surface area contributed by atoms with Crippen molar-refractivity contribution in [3.8, 4) is 0 Å². The van der Waals surface area contributed by atoms with Gasteiger partial charge < -0.3 is 5.32 Å². The van der Waals surface area contributed by atoms with E-state index in [4.69, 9.17) is 0 Å². The number of rotatable bonds is 3. The molecule has 0 radical (unpaired) electrons. The molecule has 0 amide bonds. The van der Waals surface area contributed by atoms with Crippen LogP contribution in [-0.4, -0.2) is 12.6 Å². The zero-order valence-electron chi connectivity index (χ0n) is 8.65. The van der Waals surface area contributed by atoms with Crippen molar-refractivity contribution < 1.29 is 0 Å². The molecule has 0 aliphatic heterocycles. The second-order valence-corrected chi connectivity index (χ2v) is 5.39. The van der Waals surface area contributed by atoms with E-state index in [1.165, 1.54) is 19.3 Å². The fraction of sp³-hybridized carbons (Fsp3) is 0.818. The Labute approximate surface area is 90.1 Å². The lowest BCUT2D eigenvalue weighted by atomic mass is 9.78. The van der Waals surface area contributed by atoms with Crippen molar-refractivity contribution in [2.24, 2.45) is 11.8 Å². The summed E-state index contributed by atoms with van der Waals surface area (Å²) < 4.78 is 1.05. The molecular weight excluding hydrogens is 226 g/mol. The van der Waals surface area contributed by atoms with Crippen LogP contribution in [0.5, 0.6) is 0 Å². The summed E-state index contributed by atoms with van der Waals surface area (Å²) in [4.78, 5) is 0. The van der Waals surface area contributed by atoms with Gasteiger partial charge in [-0.05, 0) is 18.3 Å². The lowest BCUT2D eigenvalue weighted by molar-refractivity contribution is 0.211. The van der Waals surface area contributed by atoms with Crippen LogP contribution < -0.4 is 5.32 Å². The minimum atomic E-state index is 0.693. The van der Waals surface area contributed by atoms with Crippen LogP contribution in [0.3, 0.4) is 0 Å². The second kappa shape index (κ2) is 5.16. The van der Waals surface area contributed by atoms with Crippen LogP contribution >= 0.6 is 15.9 Å². The minimum Gasteiger partial charge on any atom is -0.309 e. The molecule has 0 aromatic rings. The molecule has 13 heavy (non-hydrogen) atoms. The fourth-order valence-electron chi connectivity index (χ4n) is 2.11. The van der Waals surface area contributed by atoms with E-state index in [9.17, 15) is 0 Å². The Balaban J connectivity index is 2.35. The molecule has 0 aromatic heterocycles. The molecule has 0 saturated heterocycles. The topological polar surface area (TPSA) is 12.0 Å². The number of halogens is 1. The van der Waals surface area contributed by atoms with Crippen molar-refractivity contribution in [2.45, 2.75) is 39.2 Å². The van der Waals surface area contributed by atoms with Gasteiger partial charge in [0.05, 0.1) is 0 Å². The molecule has 0 heterocycles. The summed E-state index contributed by atoms with van der Waals surface area (Å²) in [5.74, 6) is 1.68. The average molecular weight is 246 g/mol. The Morgan fingerprint density at radius 1 is 1.46 bits per heavy atom. The van der Waals surface area contributed by atoms with Crippen LogP contribution in [0.15, 0.2) is 11.1 Å². The number of hydrogen-bond donors (Lipinski definition) is 1. The first-order valence-corrected chi connectivity index (χ1v) is 5.97. The maximum Gasteiger partial charge on any atom is 0.0268 e. The molecule has 76 valence electrons. The van der Waals surface area contributed by atoms with Gasteiger partial charge in [-0.15, -0.1) is 0 Å². The summed E-state index contributed by atoms with van der Waals surface area (Å²) in [6.07, 6.45) is 4.10. The molecule has 3 unspecified atom stereocenters. The van der Waals surface area contributed by atoms with Gasteiger partial charge in [0.1, 0.15) is 0 Å². The van der Waals surface area contributed by atoms with Gasteiger partial charge in [0.2, 0.25) is 0 Å². The molecule has 1 saturated carbocycles. The molecule has 0 spiro atoms. The number of nitrogens with one attached hydrogen (secondary N) is 1. The van der Waals surface area contributed by atoms with Crippen molar-refractivity contribution >= 4 is 15.9 Å². The summed E-state index contributed by atoms with van der Waals surface area (Å²) in [5, 5.41) is 3.55. The first-order valence-electron chi connectivity index (χ1n) is 5.18. The second-order valence-electron chi connectivity index (χ2n) is 4.27. The molecule has 3 atom stereocenters. The first kappa shape index (κ1) is 11.3. The van der Waals surface area contributed by atoms with E-state index >= 15 is 0 Å². The van der Waals surface area contributed by atoms with Gasteiger partial charge in [-0.25, -0.2) is 0 Å². The van der Waals surface area contributed by atoms with Crippen molar-refractivity contribution in [1.82, 2.24) is 5.32 Å². The summed E-state index contributed by atoms with van der Waals surface area (Å²) in [6.45, 7) is 9.46. The van der Waals surface area contributed by atoms with Crippen molar-refractivity contribution in [3.05, 3.63) is 11.1 Å². The molecule has 2 heteroatoms. The van der Waals surface area contributed by atoms with Crippen LogP contribution in [0.4, 0.5) is 0 Å². The highest BCUT2D eigenvalue weighted by molar-refractivity contribution is 9.11. The van der Waals surface area contributed by atoms with E-state index < -0.39 is 0 Å². The first-order chi connectivity index (χ1) is 6.11. The predicted molar refractivity (Wildman–Crippen MR) is 62.0 cm³/mol. The molecule has 1 N–H and O–H groups in total. The monoisotopic (exact) mass is 245 g/mol. The van der Waals surface area contributed by atoms with Gasteiger partial charge in [-0.3, -0.25) is 0 Å². The molecule has 1 aliphatic rings. The Bertz CT molecular complexity index is 179. The van der Waals surface area contributed by atoms with Crippen LogP contribution in [0, 0.1) is 11.8 Å². The Morgan fingerprint density at radius 3 is 2.77 bits per heavy atom. The highest BCUT2D eigenvalue weighted by atomic mass is 79.9. The lowest BCUT2D eigenvalue weighted by Crippen LogP contribution is -2.40. The zero-order chi connectivity index (χ0) is 9.84. The zero-order valence-corrected chi connectivity index (χ0v) is 10.2. The molecule has 1 aliphatic carbocycles. The van der Waals surface area contributed by atoms with Gasteiger partial charge in [-0.1, -0.05) is 49.2 Å². The molecule has 0 aromatic carbocycles. The lowest BCUT2D eigenvalue weighted by Gasteiger charge is -2.34. The molecule has 1 nitrogen and oxygen atoms in total. The van der Waals surface area contributed by atoms with E-state index in [1.54, 1.807) is 0 Å². The fourth-order valence-corrected chi connectivity index (χ4v) is 2.27. The van der Waals surface area contributed by atoms with Gasteiger partial charge in [0.15, 0.2) is 0 Å². The van der Waals surface area contributed by atoms with E-state index in [-0.39, 0.29) is 0 Å². The third kappa shape index (κ3) is 3.43. The van der Waals surface area contributed by atoms with Gasteiger partial charge >= 0.3 is 0 Å². The van der Waals surface area contributed by atoms with Crippen LogP contribution in [-0.2, 0) is 0 Å². The Hall–Kier alpha value is 0.180. The highest BCUT2D eigenvalue weighted by Gasteiger charge is 2.26. The van der Waals surface area contributed by atoms with Gasteiger partial charge in [0.25, 0.3) is 0 Å².